The SMILES string of the molecule is [N-]=[N+]=Nc1ccc(S(=O)(=O)c2ccc(SC(F)(F)F)cc2)cc1. The van der Waals surface area contributed by atoms with E-state index in [-0.39, 0.29) is 32.1 Å². The minimum Gasteiger partial charge on any atom is -0.219 e. The summed E-state index contributed by atoms with van der Waals surface area (Å²) in [6, 6.07) is 9.62. The number of thioether (sulfide) groups is 1. The van der Waals surface area contributed by atoms with Crippen LogP contribution < -0.4 is 0 Å². The van der Waals surface area contributed by atoms with Gasteiger partial charge in [0.05, 0.1) is 9.79 Å². The molecule has 2 rings (SSSR count). The maximum atomic E-state index is 12.4. The molecule has 0 fully saturated rings. The number of azide groups is 1. The molecule has 0 spiro atoms. The van der Waals surface area contributed by atoms with Crippen molar-refractivity contribution >= 4 is 27.3 Å². The Balaban J connectivity index is 2.30. The highest BCUT2D eigenvalue weighted by Gasteiger charge is 2.29. The molecule has 5 nitrogen and oxygen atoms in total. The van der Waals surface area contributed by atoms with Gasteiger partial charge in [-0.15, -0.1) is 0 Å². The first-order valence-electron chi connectivity index (χ1n) is 5.98. The number of halogens is 3. The number of alkyl halides is 3. The molecule has 0 heterocycles. The van der Waals surface area contributed by atoms with Gasteiger partial charge in [0.1, 0.15) is 0 Å². The van der Waals surface area contributed by atoms with Crippen molar-refractivity contribution < 1.29 is 21.6 Å². The minimum absolute atomic E-state index is 0.0504. The van der Waals surface area contributed by atoms with Crippen molar-refractivity contribution in [3.05, 3.63) is 59.0 Å². The molecule has 0 aliphatic heterocycles. The maximum Gasteiger partial charge on any atom is 0.446 e. The summed E-state index contributed by atoms with van der Waals surface area (Å²) in [5.41, 5.74) is 4.11. The van der Waals surface area contributed by atoms with Crippen molar-refractivity contribution in [1.29, 1.82) is 0 Å². The van der Waals surface area contributed by atoms with Gasteiger partial charge >= 0.3 is 5.51 Å². The van der Waals surface area contributed by atoms with Crippen LogP contribution in [0, 0.1) is 0 Å². The van der Waals surface area contributed by atoms with Gasteiger partial charge in [-0.25, -0.2) is 8.42 Å². The van der Waals surface area contributed by atoms with E-state index in [0.717, 1.165) is 24.3 Å². The summed E-state index contributed by atoms with van der Waals surface area (Å²) in [6.07, 6.45) is 0. The van der Waals surface area contributed by atoms with Crippen molar-refractivity contribution in [2.45, 2.75) is 20.2 Å². The van der Waals surface area contributed by atoms with E-state index >= 15 is 0 Å². The second-order valence-corrected chi connectivity index (χ2v) is 7.29. The molecule has 0 radical (unpaired) electrons. The molecular formula is C13H8F3N3O2S2. The summed E-state index contributed by atoms with van der Waals surface area (Å²) in [7, 11) is -3.86. The molecule has 0 saturated heterocycles. The summed E-state index contributed by atoms with van der Waals surface area (Å²) < 4.78 is 61.5. The van der Waals surface area contributed by atoms with Crippen LogP contribution in [-0.2, 0) is 9.84 Å². The maximum absolute atomic E-state index is 12.4. The second-order valence-electron chi connectivity index (χ2n) is 4.21. The van der Waals surface area contributed by atoms with Gasteiger partial charge in [0, 0.05) is 15.5 Å². The van der Waals surface area contributed by atoms with Crippen LogP contribution in [0.25, 0.3) is 10.4 Å². The Morgan fingerprint density at radius 2 is 1.43 bits per heavy atom. The highest BCUT2D eigenvalue weighted by Crippen LogP contribution is 2.37. The van der Waals surface area contributed by atoms with Crippen LogP contribution in [-0.4, -0.2) is 13.9 Å². The molecule has 0 N–H and O–H groups in total. The molecule has 0 aliphatic carbocycles. The van der Waals surface area contributed by atoms with E-state index in [1.807, 2.05) is 0 Å². The Morgan fingerprint density at radius 1 is 0.957 bits per heavy atom. The third-order valence-corrected chi connectivity index (χ3v) is 5.20. The zero-order valence-corrected chi connectivity index (χ0v) is 12.9. The van der Waals surface area contributed by atoms with E-state index in [2.05, 4.69) is 10.0 Å². The summed E-state index contributed by atoms with van der Waals surface area (Å²) in [5.74, 6) is 0. The fraction of sp³-hybridized carbons (Fsp3) is 0.0769. The second kappa shape index (κ2) is 6.53. The molecule has 2 aromatic carbocycles. The number of hydrogen-bond acceptors (Lipinski definition) is 4. The molecule has 0 unspecified atom stereocenters. The lowest BCUT2D eigenvalue weighted by molar-refractivity contribution is -0.0328. The lowest BCUT2D eigenvalue weighted by Crippen LogP contribution is -2.02. The normalized spacial score (nSPS) is 11.8. The standard InChI is InChI=1S/C13H8F3N3O2S2/c14-13(15,16)22-10-3-7-12(8-4-10)23(20,21)11-5-1-9(2-6-11)18-19-17/h1-8H. The summed E-state index contributed by atoms with van der Waals surface area (Å²) in [6.45, 7) is 0. The Labute approximate surface area is 133 Å². The highest BCUT2D eigenvalue weighted by molar-refractivity contribution is 8.00. The van der Waals surface area contributed by atoms with Crippen LogP contribution in [0.5, 0.6) is 0 Å². The van der Waals surface area contributed by atoms with Gasteiger partial charge in [-0.1, -0.05) is 17.2 Å². The fourth-order valence-electron chi connectivity index (χ4n) is 1.70. The first kappa shape index (κ1) is 17.2. The average molecular weight is 359 g/mol. The Hall–Kier alpha value is -2.16. The van der Waals surface area contributed by atoms with E-state index in [9.17, 15) is 21.6 Å². The fourth-order valence-corrected chi connectivity index (χ4v) is 3.50. The van der Waals surface area contributed by atoms with Crippen molar-refractivity contribution in [1.82, 2.24) is 0 Å². The number of hydrogen-bond donors (Lipinski definition) is 0. The van der Waals surface area contributed by atoms with Crippen LogP contribution in [0.15, 0.2) is 68.3 Å². The molecular weight excluding hydrogens is 351 g/mol. The quantitative estimate of drug-likeness (QED) is 0.330. The summed E-state index contributed by atoms with van der Waals surface area (Å²) >= 11 is -0.318. The number of sulfone groups is 1. The zero-order valence-electron chi connectivity index (χ0n) is 11.2. The molecule has 23 heavy (non-hydrogen) atoms. The number of nitrogens with zero attached hydrogens (tertiary/aromatic N) is 3. The molecule has 0 aliphatic rings. The lowest BCUT2D eigenvalue weighted by atomic mass is 10.3. The molecule has 0 atom stereocenters. The average Bonchev–Trinajstić information content (AvgIpc) is 2.47. The van der Waals surface area contributed by atoms with Crippen molar-refractivity contribution in [2.24, 2.45) is 5.11 Å². The predicted octanol–water partition coefficient (Wildman–Crippen LogP) is 5.07. The van der Waals surface area contributed by atoms with Crippen molar-refractivity contribution in [2.75, 3.05) is 0 Å². The smallest absolute Gasteiger partial charge is 0.219 e. The summed E-state index contributed by atoms with van der Waals surface area (Å²) in [4.78, 5) is 2.30. The van der Waals surface area contributed by atoms with Gasteiger partial charge < -0.3 is 0 Å². The summed E-state index contributed by atoms with van der Waals surface area (Å²) in [5, 5.41) is 3.32. The monoisotopic (exact) mass is 359 g/mol. The first-order valence-corrected chi connectivity index (χ1v) is 8.28. The van der Waals surface area contributed by atoms with Crippen molar-refractivity contribution in [3.8, 4) is 0 Å². The van der Waals surface area contributed by atoms with Gasteiger partial charge in [0.2, 0.25) is 9.84 Å². The van der Waals surface area contributed by atoms with Gasteiger partial charge in [-0.2, -0.15) is 13.2 Å². The third kappa shape index (κ3) is 4.41. The molecule has 0 amide bonds. The number of rotatable bonds is 4. The van der Waals surface area contributed by atoms with E-state index in [1.165, 1.54) is 24.3 Å². The predicted molar refractivity (Wildman–Crippen MR) is 79.1 cm³/mol. The largest absolute Gasteiger partial charge is 0.446 e. The molecule has 120 valence electrons. The van der Waals surface area contributed by atoms with Crippen LogP contribution in [0.3, 0.4) is 0 Å². The van der Waals surface area contributed by atoms with E-state index in [1.54, 1.807) is 0 Å². The Morgan fingerprint density at radius 3 is 1.87 bits per heavy atom. The number of benzene rings is 2. The Kier molecular flexibility index (Phi) is 4.88. The topological polar surface area (TPSA) is 82.9 Å². The van der Waals surface area contributed by atoms with E-state index in [0.29, 0.717) is 0 Å². The van der Waals surface area contributed by atoms with Crippen LogP contribution in [0.1, 0.15) is 0 Å². The van der Waals surface area contributed by atoms with Gasteiger partial charge in [-0.05, 0) is 53.7 Å². The van der Waals surface area contributed by atoms with E-state index in [4.69, 9.17) is 5.53 Å². The molecule has 10 heteroatoms. The van der Waals surface area contributed by atoms with Crippen LogP contribution in [0.4, 0.5) is 18.9 Å². The Bertz CT molecular complexity index is 842. The molecule has 0 saturated carbocycles. The lowest BCUT2D eigenvalue weighted by Gasteiger charge is -2.08. The molecule has 0 bridgehead atoms. The molecule has 2 aromatic rings. The van der Waals surface area contributed by atoms with Crippen LogP contribution in [0.2, 0.25) is 0 Å². The van der Waals surface area contributed by atoms with Gasteiger partial charge in [0.25, 0.3) is 0 Å². The minimum atomic E-state index is -4.43. The van der Waals surface area contributed by atoms with E-state index < -0.39 is 15.3 Å². The first-order chi connectivity index (χ1) is 10.7. The molecule has 0 aromatic heterocycles. The van der Waals surface area contributed by atoms with Gasteiger partial charge in [0.15, 0.2) is 0 Å². The van der Waals surface area contributed by atoms with Crippen molar-refractivity contribution in [3.63, 3.8) is 0 Å². The zero-order chi connectivity index (χ0) is 17.1. The highest BCUT2D eigenvalue weighted by atomic mass is 32.2. The third-order valence-electron chi connectivity index (χ3n) is 2.67. The van der Waals surface area contributed by atoms with Crippen LogP contribution >= 0.6 is 11.8 Å². The van der Waals surface area contributed by atoms with Gasteiger partial charge in [-0.3, -0.25) is 0 Å².